The average molecular weight is 312 g/mol. The van der Waals surface area contributed by atoms with E-state index >= 15 is 0 Å². The van der Waals surface area contributed by atoms with Crippen LogP contribution in [-0.4, -0.2) is 24.2 Å². The lowest BCUT2D eigenvalue weighted by molar-refractivity contribution is 0.0450. The fraction of sp³-hybridized carbons (Fsp3) is 0.143. The molecular formula is C14H11Cl2NO3. The number of ether oxygens (including phenoxy) is 2. The molecule has 0 radical (unpaired) electrons. The second-order valence-electron chi connectivity index (χ2n) is 3.81. The van der Waals surface area contributed by atoms with Gasteiger partial charge in [-0.25, -0.2) is 9.78 Å². The van der Waals surface area contributed by atoms with Crippen molar-refractivity contribution in [2.24, 2.45) is 0 Å². The Balaban J connectivity index is 1.74. The van der Waals surface area contributed by atoms with E-state index in [0.717, 1.165) is 0 Å². The van der Waals surface area contributed by atoms with Gasteiger partial charge in [0.15, 0.2) is 0 Å². The molecule has 104 valence electrons. The smallest absolute Gasteiger partial charge is 0.339 e. The van der Waals surface area contributed by atoms with Gasteiger partial charge in [0.25, 0.3) is 0 Å². The number of rotatable bonds is 5. The third kappa shape index (κ3) is 4.40. The predicted molar refractivity (Wildman–Crippen MR) is 76.5 cm³/mol. The minimum atomic E-state index is -0.464. The highest BCUT2D eigenvalue weighted by atomic mass is 35.5. The summed E-state index contributed by atoms with van der Waals surface area (Å²) < 4.78 is 10.4. The van der Waals surface area contributed by atoms with Crippen LogP contribution in [0.1, 0.15) is 10.4 Å². The Morgan fingerprint density at radius 2 is 1.80 bits per heavy atom. The van der Waals surface area contributed by atoms with Crippen LogP contribution in [0.15, 0.2) is 42.6 Å². The lowest BCUT2D eigenvalue weighted by Crippen LogP contribution is -2.12. The summed E-state index contributed by atoms with van der Waals surface area (Å²) in [7, 11) is 0. The molecule has 0 atom stereocenters. The molecule has 0 unspecified atom stereocenters. The average Bonchev–Trinajstić information content (AvgIpc) is 2.46. The van der Waals surface area contributed by atoms with E-state index in [0.29, 0.717) is 21.5 Å². The van der Waals surface area contributed by atoms with Gasteiger partial charge in [-0.1, -0.05) is 23.2 Å². The van der Waals surface area contributed by atoms with E-state index in [2.05, 4.69) is 4.98 Å². The van der Waals surface area contributed by atoms with Gasteiger partial charge in [0, 0.05) is 11.2 Å². The molecule has 1 heterocycles. The zero-order valence-electron chi connectivity index (χ0n) is 10.4. The number of carbonyl (C=O) groups is 1. The van der Waals surface area contributed by atoms with E-state index in [1.807, 2.05) is 0 Å². The molecule has 6 heteroatoms. The largest absolute Gasteiger partial charge is 0.490 e. The lowest BCUT2D eigenvalue weighted by atomic mass is 10.3. The van der Waals surface area contributed by atoms with Crippen LogP contribution in [0, 0.1) is 0 Å². The molecule has 0 bridgehead atoms. The molecule has 0 saturated carbocycles. The van der Waals surface area contributed by atoms with Crippen LogP contribution >= 0.6 is 23.2 Å². The van der Waals surface area contributed by atoms with Gasteiger partial charge in [-0.05, 0) is 36.4 Å². The van der Waals surface area contributed by atoms with Gasteiger partial charge in [0.05, 0.1) is 5.56 Å². The van der Waals surface area contributed by atoms with Crippen molar-refractivity contribution in [2.45, 2.75) is 0 Å². The fourth-order valence-corrected chi connectivity index (χ4v) is 1.64. The lowest BCUT2D eigenvalue weighted by Gasteiger charge is -2.07. The highest BCUT2D eigenvalue weighted by molar-refractivity contribution is 6.30. The third-order valence-corrected chi connectivity index (χ3v) is 2.84. The van der Waals surface area contributed by atoms with Crippen molar-refractivity contribution in [3.05, 3.63) is 58.3 Å². The van der Waals surface area contributed by atoms with Crippen molar-refractivity contribution in [3.63, 3.8) is 0 Å². The van der Waals surface area contributed by atoms with E-state index in [9.17, 15) is 4.79 Å². The quantitative estimate of drug-likeness (QED) is 0.480. The van der Waals surface area contributed by atoms with Crippen molar-refractivity contribution in [1.29, 1.82) is 0 Å². The highest BCUT2D eigenvalue weighted by Crippen LogP contribution is 2.15. The molecular weight excluding hydrogens is 301 g/mol. The minimum Gasteiger partial charge on any atom is -0.490 e. The number of halogens is 2. The molecule has 0 aliphatic rings. The zero-order chi connectivity index (χ0) is 14.4. The first-order valence-electron chi connectivity index (χ1n) is 5.82. The number of benzene rings is 1. The molecule has 2 aromatic rings. The number of pyridine rings is 1. The summed E-state index contributed by atoms with van der Waals surface area (Å²) in [5.41, 5.74) is 0.348. The first-order chi connectivity index (χ1) is 9.65. The van der Waals surface area contributed by atoms with Gasteiger partial charge in [-0.15, -0.1) is 0 Å². The topological polar surface area (TPSA) is 48.4 Å². The van der Waals surface area contributed by atoms with E-state index in [-0.39, 0.29) is 13.2 Å². The summed E-state index contributed by atoms with van der Waals surface area (Å²) in [6.07, 6.45) is 1.37. The number of hydrogen-bond donors (Lipinski definition) is 0. The second kappa shape index (κ2) is 7.12. The Morgan fingerprint density at radius 3 is 2.45 bits per heavy atom. The van der Waals surface area contributed by atoms with Gasteiger partial charge in [-0.3, -0.25) is 0 Å². The van der Waals surface area contributed by atoms with Crippen LogP contribution in [0.25, 0.3) is 0 Å². The first kappa shape index (κ1) is 14.6. The third-order valence-electron chi connectivity index (χ3n) is 2.36. The highest BCUT2D eigenvalue weighted by Gasteiger charge is 2.07. The van der Waals surface area contributed by atoms with Crippen molar-refractivity contribution in [3.8, 4) is 5.75 Å². The zero-order valence-corrected chi connectivity index (χ0v) is 11.9. The molecule has 0 aliphatic heterocycles. The van der Waals surface area contributed by atoms with Crippen LogP contribution in [0.5, 0.6) is 5.75 Å². The van der Waals surface area contributed by atoms with Gasteiger partial charge < -0.3 is 9.47 Å². The molecule has 1 aromatic heterocycles. The summed E-state index contributed by atoms with van der Waals surface area (Å²) in [5, 5.41) is 0.964. The maximum absolute atomic E-state index is 11.6. The molecule has 0 aliphatic carbocycles. The summed E-state index contributed by atoms with van der Waals surface area (Å²) in [4.78, 5) is 15.4. The maximum Gasteiger partial charge on any atom is 0.339 e. The van der Waals surface area contributed by atoms with Crippen LogP contribution < -0.4 is 4.74 Å². The number of hydrogen-bond acceptors (Lipinski definition) is 4. The SMILES string of the molecule is O=C(OCCOc1ccc(Cl)cc1)c1ccc(Cl)nc1. The molecule has 0 saturated heterocycles. The molecule has 4 nitrogen and oxygen atoms in total. The van der Waals surface area contributed by atoms with Gasteiger partial charge in [-0.2, -0.15) is 0 Å². The van der Waals surface area contributed by atoms with Gasteiger partial charge in [0.1, 0.15) is 24.1 Å². The van der Waals surface area contributed by atoms with Crippen molar-refractivity contribution in [2.75, 3.05) is 13.2 Å². The summed E-state index contributed by atoms with van der Waals surface area (Å²) >= 11 is 11.4. The van der Waals surface area contributed by atoms with Crippen molar-refractivity contribution < 1.29 is 14.3 Å². The van der Waals surface area contributed by atoms with Crippen molar-refractivity contribution in [1.82, 2.24) is 4.98 Å². The minimum absolute atomic E-state index is 0.143. The Labute approximate surface area is 126 Å². The van der Waals surface area contributed by atoms with Crippen molar-refractivity contribution >= 4 is 29.2 Å². The molecule has 1 aromatic carbocycles. The number of esters is 1. The molecule has 2 rings (SSSR count). The molecule has 0 fully saturated rings. The Kier molecular flexibility index (Phi) is 5.21. The van der Waals surface area contributed by atoms with E-state index < -0.39 is 5.97 Å². The maximum atomic E-state index is 11.6. The number of aromatic nitrogens is 1. The van der Waals surface area contributed by atoms with Crippen LogP contribution in [0.4, 0.5) is 0 Å². The van der Waals surface area contributed by atoms with Gasteiger partial charge >= 0.3 is 5.97 Å². The fourth-order valence-electron chi connectivity index (χ4n) is 1.40. The molecule has 20 heavy (non-hydrogen) atoms. The summed E-state index contributed by atoms with van der Waals surface area (Å²) in [6, 6.07) is 10.0. The monoisotopic (exact) mass is 311 g/mol. The van der Waals surface area contributed by atoms with Crippen LogP contribution in [0.3, 0.4) is 0 Å². The van der Waals surface area contributed by atoms with Crippen LogP contribution in [-0.2, 0) is 4.74 Å². The number of nitrogens with zero attached hydrogens (tertiary/aromatic N) is 1. The Hall–Kier alpha value is -1.78. The number of carbonyl (C=O) groups excluding carboxylic acids is 1. The summed E-state index contributed by atoms with van der Waals surface area (Å²) in [6.45, 7) is 0.401. The Morgan fingerprint density at radius 1 is 1.05 bits per heavy atom. The van der Waals surface area contributed by atoms with Gasteiger partial charge in [0.2, 0.25) is 0 Å². The summed E-state index contributed by atoms with van der Waals surface area (Å²) in [5.74, 6) is 0.201. The predicted octanol–water partition coefficient (Wildman–Crippen LogP) is 3.62. The van der Waals surface area contributed by atoms with E-state index in [1.165, 1.54) is 12.3 Å². The second-order valence-corrected chi connectivity index (χ2v) is 4.63. The normalized spacial score (nSPS) is 10.1. The standard InChI is InChI=1S/C14H11Cl2NO3/c15-11-2-4-12(5-3-11)19-7-8-20-14(18)10-1-6-13(16)17-9-10/h1-6,9H,7-8H2. The van der Waals surface area contributed by atoms with E-state index in [4.69, 9.17) is 32.7 Å². The molecule has 0 amide bonds. The first-order valence-corrected chi connectivity index (χ1v) is 6.58. The Bertz CT molecular complexity index is 570. The van der Waals surface area contributed by atoms with Crippen LogP contribution in [0.2, 0.25) is 10.2 Å². The van der Waals surface area contributed by atoms with E-state index in [1.54, 1.807) is 30.3 Å². The molecule has 0 N–H and O–H groups in total. The molecule has 0 spiro atoms.